The first-order chi connectivity index (χ1) is 8.17. The van der Waals surface area contributed by atoms with E-state index < -0.39 is 0 Å². The lowest BCUT2D eigenvalue weighted by atomic mass is 10.1. The van der Waals surface area contributed by atoms with Crippen molar-refractivity contribution in [3.05, 3.63) is 29.8 Å². The van der Waals surface area contributed by atoms with Gasteiger partial charge in [0, 0.05) is 18.8 Å². The Bertz CT molecular complexity index is 348. The zero-order chi connectivity index (χ0) is 12.7. The van der Waals surface area contributed by atoms with E-state index in [1.807, 2.05) is 24.3 Å². The van der Waals surface area contributed by atoms with Crippen molar-refractivity contribution in [2.24, 2.45) is 0 Å². The molecular weight excluding hydrogens is 214 g/mol. The minimum Gasteiger partial charge on any atom is -0.341 e. The monoisotopic (exact) mass is 235 g/mol. The second-order valence-electron chi connectivity index (χ2n) is 4.00. The third-order valence-electron chi connectivity index (χ3n) is 2.60. The maximum Gasteiger partial charge on any atom is 0.318 e. The third kappa shape index (κ3) is 4.44. The van der Waals surface area contributed by atoms with Gasteiger partial charge < -0.3 is 16.0 Å². The zero-order valence-electron chi connectivity index (χ0n) is 10.7. The van der Waals surface area contributed by atoms with E-state index in [4.69, 9.17) is 0 Å². The summed E-state index contributed by atoms with van der Waals surface area (Å²) in [6.07, 6.45) is 1.13. The molecule has 0 aliphatic carbocycles. The molecule has 1 rings (SSSR count). The predicted molar refractivity (Wildman–Crippen MR) is 71.2 cm³/mol. The predicted octanol–water partition coefficient (Wildman–Crippen LogP) is 2.50. The first-order valence-corrected chi connectivity index (χ1v) is 5.99. The van der Waals surface area contributed by atoms with Gasteiger partial charge in [0.2, 0.25) is 0 Å². The molecule has 1 atom stereocenters. The van der Waals surface area contributed by atoms with Crippen molar-refractivity contribution in [3.63, 3.8) is 0 Å². The molecule has 0 bridgehead atoms. The van der Waals surface area contributed by atoms with Gasteiger partial charge in [0.25, 0.3) is 0 Å². The normalized spacial score (nSPS) is 11.9. The van der Waals surface area contributed by atoms with Gasteiger partial charge in [-0.25, -0.2) is 4.79 Å². The van der Waals surface area contributed by atoms with E-state index in [1.165, 1.54) is 5.56 Å². The van der Waals surface area contributed by atoms with Crippen molar-refractivity contribution < 1.29 is 4.79 Å². The van der Waals surface area contributed by atoms with E-state index in [1.54, 1.807) is 7.05 Å². The van der Waals surface area contributed by atoms with E-state index in [0.717, 1.165) is 18.7 Å². The van der Waals surface area contributed by atoms with Gasteiger partial charge in [-0.3, -0.25) is 0 Å². The first-order valence-electron chi connectivity index (χ1n) is 5.99. The molecule has 94 valence electrons. The minimum atomic E-state index is -0.199. The van der Waals surface area contributed by atoms with Gasteiger partial charge in [-0.15, -0.1) is 0 Å². The number of anilines is 1. The fourth-order valence-electron chi connectivity index (χ4n) is 1.53. The summed E-state index contributed by atoms with van der Waals surface area (Å²) in [4.78, 5) is 11.1. The molecule has 0 aliphatic heterocycles. The summed E-state index contributed by atoms with van der Waals surface area (Å²) >= 11 is 0. The number of urea groups is 1. The average Bonchev–Trinajstić information content (AvgIpc) is 2.36. The third-order valence-corrected chi connectivity index (χ3v) is 2.60. The fourth-order valence-corrected chi connectivity index (χ4v) is 1.53. The Labute approximate surface area is 103 Å². The van der Waals surface area contributed by atoms with E-state index in [-0.39, 0.29) is 6.03 Å². The van der Waals surface area contributed by atoms with Crippen LogP contribution in [0.25, 0.3) is 0 Å². The van der Waals surface area contributed by atoms with Gasteiger partial charge in [0.1, 0.15) is 0 Å². The Morgan fingerprint density at radius 3 is 2.47 bits per heavy atom. The maximum atomic E-state index is 11.1. The number of hydrogen-bond acceptors (Lipinski definition) is 2. The van der Waals surface area contributed by atoms with Crippen LogP contribution in [0.5, 0.6) is 0 Å². The van der Waals surface area contributed by atoms with E-state index in [0.29, 0.717) is 6.04 Å². The smallest absolute Gasteiger partial charge is 0.318 e. The van der Waals surface area contributed by atoms with Crippen LogP contribution >= 0.6 is 0 Å². The molecule has 1 unspecified atom stereocenters. The maximum absolute atomic E-state index is 11.1. The SMILES string of the molecule is CCCNC(C)c1ccc(NC(=O)NC)cc1. The van der Waals surface area contributed by atoms with Crippen LogP contribution in [0, 0.1) is 0 Å². The summed E-state index contributed by atoms with van der Waals surface area (Å²) in [5.41, 5.74) is 2.02. The van der Waals surface area contributed by atoms with Gasteiger partial charge in [0.05, 0.1) is 0 Å². The standard InChI is InChI=1S/C13H21N3O/c1-4-9-15-10(2)11-5-7-12(8-6-11)16-13(17)14-3/h5-8,10,15H,4,9H2,1-3H3,(H2,14,16,17). The molecule has 4 nitrogen and oxygen atoms in total. The van der Waals surface area contributed by atoms with Gasteiger partial charge >= 0.3 is 6.03 Å². The van der Waals surface area contributed by atoms with Crippen LogP contribution in [-0.2, 0) is 0 Å². The largest absolute Gasteiger partial charge is 0.341 e. The minimum absolute atomic E-state index is 0.199. The van der Waals surface area contributed by atoms with E-state index in [9.17, 15) is 4.79 Å². The second-order valence-corrected chi connectivity index (χ2v) is 4.00. The highest BCUT2D eigenvalue weighted by molar-refractivity contribution is 5.88. The molecule has 2 amide bonds. The lowest BCUT2D eigenvalue weighted by molar-refractivity contribution is 0.254. The van der Waals surface area contributed by atoms with Crippen molar-refractivity contribution in [1.82, 2.24) is 10.6 Å². The molecule has 17 heavy (non-hydrogen) atoms. The highest BCUT2D eigenvalue weighted by Gasteiger charge is 2.04. The molecule has 0 saturated heterocycles. The van der Waals surface area contributed by atoms with Crippen molar-refractivity contribution in [2.45, 2.75) is 26.3 Å². The molecule has 4 heteroatoms. The van der Waals surface area contributed by atoms with Crippen molar-refractivity contribution in [1.29, 1.82) is 0 Å². The summed E-state index contributed by atoms with van der Waals surface area (Å²) in [5.74, 6) is 0. The van der Waals surface area contributed by atoms with Crippen LogP contribution in [0.2, 0.25) is 0 Å². The molecule has 0 fully saturated rings. The van der Waals surface area contributed by atoms with Gasteiger partial charge in [-0.2, -0.15) is 0 Å². The van der Waals surface area contributed by atoms with Crippen LogP contribution in [0.1, 0.15) is 31.9 Å². The number of carbonyl (C=O) groups is 1. The molecule has 0 aromatic heterocycles. The molecule has 0 radical (unpaired) electrons. The lowest BCUT2D eigenvalue weighted by Gasteiger charge is -2.14. The van der Waals surface area contributed by atoms with Crippen molar-refractivity contribution >= 4 is 11.7 Å². The molecule has 0 aliphatic rings. The van der Waals surface area contributed by atoms with Crippen LogP contribution in [0.4, 0.5) is 10.5 Å². The van der Waals surface area contributed by atoms with Crippen LogP contribution < -0.4 is 16.0 Å². The first kappa shape index (κ1) is 13.5. The summed E-state index contributed by atoms with van der Waals surface area (Å²) in [6, 6.07) is 8.01. The number of carbonyl (C=O) groups excluding carboxylic acids is 1. The van der Waals surface area contributed by atoms with E-state index >= 15 is 0 Å². The summed E-state index contributed by atoms with van der Waals surface area (Å²) in [7, 11) is 1.60. The quantitative estimate of drug-likeness (QED) is 0.734. The summed E-state index contributed by atoms with van der Waals surface area (Å²) < 4.78 is 0. The summed E-state index contributed by atoms with van der Waals surface area (Å²) in [6.45, 7) is 5.30. The average molecular weight is 235 g/mol. The van der Waals surface area contributed by atoms with E-state index in [2.05, 4.69) is 29.8 Å². The number of benzene rings is 1. The molecule has 1 aromatic rings. The number of amides is 2. The molecule has 3 N–H and O–H groups in total. The van der Waals surface area contributed by atoms with Crippen molar-refractivity contribution in [2.75, 3.05) is 18.9 Å². The van der Waals surface area contributed by atoms with Gasteiger partial charge in [0.15, 0.2) is 0 Å². The topological polar surface area (TPSA) is 53.2 Å². The lowest BCUT2D eigenvalue weighted by Crippen LogP contribution is -2.24. The van der Waals surface area contributed by atoms with Crippen LogP contribution in [0.15, 0.2) is 24.3 Å². The highest BCUT2D eigenvalue weighted by atomic mass is 16.2. The van der Waals surface area contributed by atoms with Crippen LogP contribution in [-0.4, -0.2) is 19.6 Å². The Morgan fingerprint density at radius 2 is 1.94 bits per heavy atom. The van der Waals surface area contributed by atoms with Crippen molar-refractivity contribution in [3.8, 4) is 0 Å². The Balaban J connectivity index is 2.57. The molecule has 0 saturated carbocycles. The Morgan fingerprint density at radius 1 is 1.29 bits per heavy atom. The Kier molecular flexibility index (Phi) is 5.49. The molecule has 0 heterocycles. The summed E-state index contributed by atoms with van der Waals surface area (Å²) in [5, 5.41) is 8.67. The highest BCUT2D eigenvalue weighted by Crippen LogP contribution is 2.15. The van der Waals surface area contributed by atoms with Crippen LogP contribution in [0.3, 0.4) is 0 Å². The van der Waals surface area contributed by atoms with Gasteiger partial charge in [-0.1, -0.05) is 19.1 Å². The Hall–Kier alpha value is -1.55. The van der Waals surface area contributed by atoms with Gasteiger partial charge in [-0.05, 0) is 37.6 Å². The molecular formula is C13H21N3O. The molecule has 0 spiro atoms. The number of rotatable bonds is 5. The zero-order valence-corrected chi connectivity index (χ0v) is 10.7. The second kappa shape index (κ2) is 6.91. The number of nitrogens with one attached hydrogen (secondary N) is 3. The number of hydrogen-bond donors (Lipinski definition) is 3. The molecule has 1 aromatic carbocycles. The fraction of sp³-hybridized carbons (Fsp3) is 0.462.